The monoisotopic (exact) mass is 233 g/mol. The van der Waals surface area contributed by atoms with Crippen LogP contribution in [0.2, 0.25) is 0 Å². The number of methoxy groups -OCH3 is 1. The molecule has 2 rings (SSSR count). The van der Waals surface area contributed by atoms with Crippen LogP contribution in [0.25, 0.3) is 11.4 Å². The van der Waals surface area contributed by atoms with Crippen LogP contribution >= 0.6 is 0 Å². The molecule has 0 aliphatic carbocycles. The summed E-state index contributed by atoms with van der Waals surface area (Å²) in [5.41, 5.74) is 1.95. The molecule has 5 nitrogen and oxygen atoms in total. The topological polar surface area (TPSA) is 60.2 Å². The third-order valence-corrected chi connectivity index (χ3v) is 2.35. The second kappa shape index (κ2) is 4.86. The van der Waals surface area contributed by atoms with Crippen LogP contribution in [0.5, 0.6) is 5.75 Å². The summed E-state index contributed by atoms with van der Waals surface area (Å²) in [6.45, 7) is 4.72. The fourth-order valence-corrected chi connectivity index (χ4v) is 1.54. The van der Waals surface area contributed by atoms with Crippen molar-refractivity contribution in [3.63, 3.8) is 0 Å². The summed E-state index contributed by atoms with van der Waals surface area (Å²) in [5.74, 6) is 1.27. The van der Waals surface area contributed by atoms with Crippen LogP contribution in [0, 0.1) is 6.92 Å². The van der Waals surface area contributed by atoms with E-state index in [2.05, 4.69) is 15.5 Å². The van der Waals surface area contributed by atoms with E-state index in [0.29, 0.717) is 11.8 Å². The van der Waals surface area contributed by atoms with E-state index in [1.165, 1.54) is 0 Å². The van der Waals surface area contributed by atoms with Crippen molar-refractivity contribution in [2.45, 2.75) is 13.8 Å². The van der Waals surface area contributed by atoms with Crippen LogP contribution in [0.15, 0.2) is 22.7 Å². The molecular formula is C12H15N3O2. The molecule has 0 atom stereocenters. The Morgan fingerprint density at radius 1 is 1.41 bits per heavy atom. The summed E-state index contributed by atoms with van der Waals surface area (Å²) in [5, 5.41) is 6.88. The Hall–Kier alpha value is -2.04. The number of aromatic nitrogens is 2. The van der Waals surface area contributed by atoms with Crippen LogP contribution in [0.1, 0.15) is 12.5 Å². The number of benzene rings is 1. The molecule has 1 aromatic carbocycles. The van der Waals surface area contributed by atoms with Gasteiger partial charge in [-0.3, -0.25) is 0 Å². The molecule has 0 amide bonds. The summed E-state index contributed by atoms with van der Waals surface area (Å²) in [7, 11) is 1.63. The predicted molar refractivity (Wildman–Crippen MR) is 65.2 cm³/mol. The van der Waals surface area contributed by atoms with Crippen molar-refractivity contribution in [3.8, 4) is 17.1 Å². The number of aryl methyl sites for hydroxylation is 1. The maximum Gasteiger partial charge on any atom is 0.321 e. The minimum absolute atomic E-state index is 0.421. The third-order valence-electron chi connectivity index (χ3n) is 2.35. The summed E-state index contributed by atoms with van der Waals surface area (Å²) in [6, 6.07) is 6.28. The highest BCUT2D eigenvalue weighted by atomic mass is 16.5. The summed E-state index contributed by atoms with van der Waals surface area (Å²) >= 11 is 0. The summed E-state index contributed by atoms with van der Waals surface area (Å²) in [4.78, 5) is 4.24. The van der Waals surface area contributed by atoms with Crippen molar-refractivity contribution < 1.29 is 9.26 Å². The van der Waals surface area contributed by atoms with E-state index in [-0.39, 0.29) is 0 Å². The standard InChI is InChI=1S/C12H15N3O2/c1-4-13-12-14-11(15-17-12)9-6-5-8(2)7-10(9)16-3/h5-7H,4H2,1-3H3,(H,13,14,15). The lowest BCUT2D eigenvalue weighted by Gasteiger charge is -2.05. The van der Waals surface area contributed by atoms with Crippen LogP contribution < -0.4 is 10.1 Å². The summed E-state index contributed by atoms with van der Waals surface area (Å²) < 4.78 is 10.4. The van der Waals surface area contributed by atoms with Gasteiger partial charge in [0.25, 0.3) is 0 Å². The maximum atomic E-state index is 5.31. The molecule has 0 aliphatic heterocycles. The molecule has 0 fully saturated rings. The maximum absolute atomic E-state index is 5.31. The first-order valence-electron chi connectivity index (χ1n) is 5.47. The molecule has 90 valence electrons. The zero-order valence-corrected chi connectivity index (χ0v) is 10.2. The van der Waals surface area contributed by atoms with E-state index in [9.17, 15) is 0 Å². The number of ether oxygens (including phenoxy) is 1. The number of nitrogens with one attached hydrogen (secondary N) is 1. The van der Waals surface area contributed by atoms with Gasteiger partial charge in [0.2, 0.25) is 5.82 Å². The molecule has 0 unspecified atom stereocenters. The van der Waals surface area contributed by atoms with Crippen LogP contribution in [0.4, 0.5) is 6.01 Å². The van der Waals surface area contributed by atoms with Gasteiger partial charge in [-0.1, -0.05) is 11.2 Å². The molecule has 0 aliphatic rings. The van der Waals surface area contributed by atoms with Gasteiger partial charge < -0.3 is 14.6 Å². The molecular weight excluding hydrogens is 218 g/mol. The van der Waals surface area contributed by atoms with E-state index in [1.54, 1.807) is 7.11 Å². The van der Waals surface area contributed by atoms with Crippen molar-refractivity contribution in [1.82, 2.24) is 10.1 Å². The number of nitrogens with zero attached hydrogens (tertiary/aromatic N) is 2. The minimum atomic E-state index is 0.421. The van der Waals surface area contributed by atoms with Crippen molar-refractivity contribution >= 4 is 6.01 Å². The highest BCUT2D eigenvalue weighted by Crippen LogP contribution is 2.29. The Labute approximate surface area is 99.8 Å². The van der Waals surface area contributed by atoms with E-state index < -0.39 is 0 Å². The molecule has 5 heteroatoms. The minimum Gasteiger partial charge on any atom is -0.496 e. The number of hydrogen-bond acceptors (Lipinski definition) is 5. The lowest BCUT2D eigenvalue weighted by atomic mass is 10.1. The number of anilines is 1. The Morgan fingerprint density at radius 2 is 2.24 bits per heavy atom. The van der Waals surface area contributed by atoms with Crippen LogP contribution in [-0.4, -0.2) is 23.8 Å². The van der Waals surface area contributed by atoms with Crippen molar-refractivity contribution in [3.05, 3.63) is 23.8 Å². The molecule has 0 saturated heterocycles. The van der Waals surface area contributed by atoms with Gasteiger partial charge in [0.05, 0.1) is 12.7 Å². The van der Waals surface area contributed by atoms with E-state index in [0.717, 1.165) is 23.4 Å². The Morgan fingerprint density at radius 3 is 2.94 bits per heavy atom. The third kappa shape index (κ3) is 2.38. The first kappa shape index (κ1) is 11.4. The van der Waals surface area contributed by atoms with E-state index >= 15 is 0 Å². The average Bonchev–Trinajstić information content (AvgIpc) is 2.78. The first-order chi connectivity index (χ1) is 8.24. The van der Waals surface area contributed by atoms with Crippen LogP contribution in [0.3, 0.4) is 0 Å². The zero-order valence-electron chi connectivity index (χ0n) is 10.2. The van der Waals surface area contributed by atoms with Crippen molar-refractivity contribution in [2.75, 3.05) is 19.0 Å². The lowest BCUT2D eigenvalue weighted by Crippen LogP contribution is -1.96. The molecule has 2 aromatic rings. The van der Waals surface area contributed by atoms with Gasteiger partial charge in [-0.05, 0) is 31.5 Å². The summed E-state index contributed by atoms with van der Waals surface area (Å²) in [6.07, 6.45) is 0. The van der Waals surface area contributed by atoms with Gasteiger partial charge in [0.1, 0.15) is 5.75 Å². The highest BCUT2D eigenvalue weighted by molar-refractivity contribution is 5.65. The fourth-order valence-electron chi connectivity index (χ4n) is 1.54. The molecule has 0 spiro atoms. The van der Waals surface area contributed by atoms with Crippen molar-refractivity contribution in [1.29, 1.82) is 0 Å². The van der Waals surface area contributed by atoms with Gasteiger partial charge in [0.15, 0.2) is 0 Å². The molecule has 1 aromatic heterocycles. The van der Waals surface area contributed by atoms with Crippen molar-refractivity contribution in [2.24, 2.45) is 0 Å². The average molecular weight is 233 g/mol. The highest BCUT2D eigenvalue weighted by Gasteiger charge is 2.12. The molecule has 0 radical (unpaired) electrons. The molecule has 0 bridgehead atoms. The predicted octanol–water partition coefficient (Wildman–Crippen LogP) is 2.49. The number of hydrogen-bond donors (Lipinski definition) is 1. The Bertz CT molecular complexity index is 508. The smallest absolute Gasteiger partial charge is 0.321 e. The molecule has 17 heavy (non-hydrogen) atoms. The lowest BCUT2D eigenvalue weighted by molar-refractivity contribution is 0.413. The Balaban J connectivity index is 2.37. The largest absolute Gasteiger partial charge is 0.496 e. The van der Waals surface area contributed by atoms with Gasteiger partial charge in [-0.25, -0.2) is 0 Å². The quantitative estimate of drug-likeness (QED) is 0.879. The van der Waals surface area contributed by atoms with Gasteiger partial charge >= 0.3 is 6.01 Å². The first-order valence-corrected chi connectivity index (χ1v) is 5.47. The second-order valence-electron chi connectivity index (χ2n) is 3.66. The fraction of sp³-hybridized carbons (Fsp3) is 0.333. The zero-order chi connectivity index (χ0) is 12.3. The van der Waals surface area contributed by atoms with E-state index in [1.807, 2.05) is 32.0 Å². The Kier molecular flexibility index (Phi) is 3.27. The van der Waals surface area contributed by atoms with Gasteiger partial charge in [-0.2, -0.15) is 4.98 Å². The molecule has 1 N–H and O–H groups in total. The number of rotatable bonds is 4. The molecule has 0 saturated carbocycles. The van der Waals surface area contributed by atoms with Crippen LogP contribution in [-0.2, 0) is 0 Å². The second-order valence-corrected chi connectivity index (χ2v) is 3.66. The normalized spacial score (nSPS) is 10.3. The molecule has 1 heterocycles. The van der Waals surface area contributed by atoms with Gasteiger partial charge in [-0.15, -0.1) is 0 Å². The SMILES string of the molecule is CCNc1nc(-c2ccc(C)cc2OC)no1. The van der Waals surface area contributed by atoms with E-state index in [4.69, 9.17) is 9.26 Å². The van der Waals surface area contributed by atoms with Gasteiger partial charge in [0, 0.05) is 6.54 Å².